The summed E-state index contributed by atoms with van der Waals surface area (Å²) in [4.78, 5) is 18.1. The molecule has 132 valence electrons. The van der Waals surface area contributed by atoms with Gasteiger partial charge in [-0.1, -0.05) is 37.3 Å². The molecular weight excluding hydrogens is 342 g/mol. The maximum absolute atomic E-state index is 12.7. The van der Waals surface area contributed by atoms with Crippen molar-refractivity contribution >= 4 is 32.8 Å². The van der Waals surface area contributed by atoms with E-state index in [2.05, 4.69) is 30.1 Å². The molecule has 0 saturated heterocycles. The van der Waals surface area contributed by atoms with Crippen LogP contribution >= 0.6 is 11.3 Å². The highest BCUT2D eigenvalue weighted by atomic mass is 32.1. The first kappa shape index (κ1) is 16.8. The summed E-state index contributed by atoms with van der Waals surface area (Å²) >= 11 is 1.63. The van der Waals surface area contributed by atoms with Gasteiger partial charge in [-0.15, -0.1) is 11.3 Å². The first-order valence-corrected chi connectivity index (χ1v) is 9.51. The minimum atomic E-state index is 0.0219. The number of aliphatic imine (C=N–C) groups is 1. The molecule has 1 aliphatic rings. The summed E-state index contributed by atoms with van der Waals surface area (Å²) in [5.41, 5.74) is 9.44. The van der Waals surface area contributed by atoms with E-state index in [9.17, 15) is 4.79 Å². The van der Waals surface area contributed by atoms with Crippen molar-refractivity contribution in [1.82, 2.24) is 4.57 Å². The van der Waals surface area contributed by atoms with Gasteiger partial charge in [0.1, 0.15) is 5.84 Å². The third-order valence-electron chi connectivity index (χ3n) is 4.94. The minimum Gasteiger partial charge on any atom is -0.383 e. The number of nitrogens with two attached hydrogens (primary N) is 1. The molecule has 0 radical (unpaired) electrons. The number of hydrogen-bond acceptors (Lipinski definition) is 4. The molecule has 2 atom stereocenters. The van der Waals surface area contributed by atoms with Crippen molar-refractivity contribution in [2.45, 2.75) is 25.8 Å². The summed E-state index contributed by atoms with van der Waals surface area (Å²) in [5.74, 6) is 0.748. The van der Waals surface area contributed by atoms with Crippen molar-refractivity contribution < 1.29 is 0 Å². The number of hydrogen-bond donors (Lipinski definition) is 1. The van der Waals surface area contributed by atoms with Gasteiger partial charge in [-0.25, -0.2) is 0 Å². The van der Waals surface area contributed by atoms with Crippen molar-refractivity contribution in [3.63, 3.8) is 0 Å². The Hall–Kier alpha value is -2.66. The molecule has 0 saturated carbocycles. The smallest absolute Gasteiger partial charge is 0.259 e. The molecule has 0 amide bonds. The van der Waals surface area contributed by atoms with Gasteiger partial charge in [-0.05, 0) is 30.2 Å². The van der Waals surface area contributed by atoms with Crippen molar-refractivity contribution in [2.24, 2.45) is 17.8 Å². The second kappa shape index (κ2) is 6.25. The normalized spacial score (nSPS) is 18.0. The average molecular weight is 363 g/mol. The Morgan fingerprint density at radius 2 is 2.00 bits per heavy atom. The van der Waals surface area contributed by atoms with E-state index in [1.54, 1.807) is 15.9 Å². The van der Waals surface area contributed by atoms with Gasteiger partial charge >= 0.3 is 0 Å². The second-order valence-corrected chi connectivity index (χ2v) is 7.87. The van der Waals surface area contributed by atoms with Crippen LogP contribution in [0.5, 0.6) is 0 Å². The van der Waals surface area contributed by atoms with Gasteiger partial charge in [0.25, 0.3) is 5.56 Å². The van der Waals surface area contributed by atoms with E-state index in [1.165, 1.54) is 5.56 Å². The predicted octanol–water partition coefficient (Wildman–Crippen LogP) is 3.89. The number of rotatable bonds is 3. The number of amidine groups is 1. The standard InChI is InChI=1S/C21H21N3OS/c1-12-9-15(20(22)23-12)18-10-16-19(26-18)17(11-24(3)21(16)25)13(2)14-7-5-4-6-8-14/h4-13H,1-3H3,(H2,22,23). The van der Waals surface area contributed by atoms with Gasteiger partial charge in [0, 0.05) is 34.3 Å². The zero-order chi connectivity index (χ0) is 18.4. The average Bonchev–Trinajstić information content (AvgIpc) is 3.21. The van der Waals surface area contributed by atoms with E-state index in [-0.39, 0.29) is 17.5 Å². The van der Waals surface area contributed by atoms with Crippen LogP contribution in [0.3, 0.4) is 0 Å². The fraction of sp³-hybridized carbons (Fsp3) is 0.238. The Kier molecular flexibility index (Phi) is 4.04. The Morgan fingerprint density at radius 3 is 2.65 bits per heavy atom. The largest absolute Gasteiger partial charge is 0.383 e. The van der Waals surface area contributed by atoms with E-state index in [0.29, 0.717) is 5.84 Å². The molecule has 1 aromatic carbocycles. The third kappa shape index (κ3) is 2.69. The van der Waals surface area contributed by atoms with Gasteiger partial charge in [0.15, 0.2) is 0 Å². The van der Waals surface area contributed by atoms with E-state index in [0.717, 1.165) is 26.1 Å². The summed E-state index contributed by atoms with van der Waals surface area (Å²) in [5, 5.41) is 0.751. The van der Waals surface area contributed by atoms with Crippen LogP contribution in [0.1, 0.15) is 35.8 Å². The maximum atomic E-state index is 12.7. The monoisotopic (exact) mass is 363 g/mol. The Labute approximate surface area is 156 Å². The molecule has 3 heterocycles. The van der Waals surface area contributed by atoms with Crippen LogP contribution in [-0.2, 0) is 7.05 Å². The van der Waals surface area contributed by atoms with Crippen molar-refractivity contribution in [3.8, 4) is 0 Å². The summed E-state index contributed by atoms with van der Waals surface area (Å²) in [6, 6.07) is 12.4. The molecule has 4 nitrogen and oxygen atoms in total. The van der Waals surface area contributed by atoms with Crippen LogP contribution in [-0.4, -0.2) is 16.4 Å². The summed E-state index contributed by atoms with van der Waals surface area (Å²) in [6.07, 6.45) is 4.02. The van der Waals surface area contributed by atoms with E-state index in [1.807, 2.05) is 44.4 Å². The van der Waals surface area contributed by atoms with Crippen LogP contribution in [0.15, 0.2) is 58.5 Å². The van der Waals surface area contributed by atoms with E-state index >= 15 is 0 Å². The van der Waals surface area contributed by atoms with Crippen molar-refractivity contribution in [2.75, 3.05) is 0 Å². The molecule has 2 unspecified atom stereocenters. The molecule has 2 aromatic heterocycles. The van der Waals surface area contributed by atoms with Gasteiger partial charge < -0.3 is 10.3 Å². The highest BCUT2D eigenvalue weighted by molar-refractivity contribution is 7.20. The zero-order valence-corrected chi connectivity index (χ0v) is 15.9. The summed E-state index contributed by atoms with van der Waals surface area (Å²) < 4.78 is 2.71. The zero-order valence-electron chi connectivity index (χ0n) is 15.1. The van der Waals surface area contributed by atoms with Gasteiger partial charge in [-0.2, -0.15) is 0 Å². The molecule has 3 aromatic rings. The van der Waals surface area contributed by atoms with E-state index < -0.39 is 0 Å². The molecule has 5 heteroatoms. The van der Waals surface area contributed by atoms with E-state index in [4.69, 9.17) is 5.73 Å². The van der Waals surface area contributed by atoms with Crippen molar-refractivity contribution in [1.29, 1.82) is 0 Å². The lowest BCUT2D eigenvalue weighted by atomic mass is 9.94. The Bertz CT molecular complexity index is 1110. The maximum Gasteiger partial charge on any atom is 0.259 e. The number of aromatic nitrogens is 1. The number of pyridine rings is 1. The van der Waals surface area contributed by atoms with Crippen LogP contribution in [0.4, 0.5) is 0 Å². The van der Waals surface area contributed by atoms with Crippen LogP contribution in [0.2, 0.25) is 0 Å². The van der Waals surface area contributed by atoms with Gasteiger partial charge in [-0.3, -0.25) is 9.79 Å². The first-order valence-electron chi connectivity index (χ1n) is 8.69. The SMILES string of the molecule is CC1C=C(c2cc3c(=O)n(C)cc(C(C)c4ccccc4)c3s2)C(N)=N1. The first-order chi connectivity index (χ1) is 12.5. The quantitative estimate of drug-likeness (QED) is 0.767. The Morgan fingerprint density at radius 1 is 1.27 bits per heavy atom. The number of aryl methyl sites for hydroxylation is 1. The number of thiophene rings is 1. The number of fused-ring (bicyclic) bond motifs is 1. The third-order valence-corrected chi connectivity index (χ3v) is 6.15. The van der Waals surface area contributed by atoms with Crippen LogP contribution in [0.25, 0.3) is 15.7 Å². The summed E-state index contributed by atoms with van der Waals surface area (Å²) in [7, 11) is 1.81. The minimum absolute atomic E-state index is 0.0219. The topological polar surface area (TPSA) is 60.4 Å². The predicted molar refractivity (Wildman–Crippen MR) is 110 cm³/mol. The highest BCUT2D eigenvalue weighted by Crippen LogP contribution is 2.37. The van der Waals surface area contributed by atoms with Gasteiger partial charge in [0.05, 0.1) is 11.4 Å². The lowest BCUT2D eigenvalue weighted by Gasteiger charge is -2.14. The molecule has 0 bridgehead atoms. The van der Waals surface area contributed by atoms with Gasteiger partial charge in [0.2, 0.25) is 0 Å². The highest BCUT2D eigenvalue weighted by Gasteiger charge is 2.21. The number of nitrogens with zero attached hydrogens (tertiary/aromatic N) is 2. The Balaban J connectivity index is 1.92. The molecule has 4 rings (SSSR count). The molecular formula is C21H21N3OS. The van der Waals surface area contributed by atoms with Crippen molar-refractivity contribution in [3.05, 3.63) is 75.0 Å². The second-order valence-electron chi connectivity index (χ2n) is 6.82. The summed E-state index contributed by atoms with van der Waals surface area (Å²) in [6.45, 7) is 4.19. The molecule has 2 N–H and O–H groups in total. The molecule has 26 heavy (non-hydrogen) atoms. The molecule has 1 aliphatic heterocycles. The van der Waals surface area contributed by atoms with Crippen LogP contribution in [0, 0.1) is 0 Å². The van der Waals surface area contributed by atoms with Crippen LogP contribution < -0.4 is 11.3 Å². The fourth-order valence-electron chi connectivity index (χ4n) is 3.50. The lowest BCUT2D eigenvalue weighted by molar-refractivity contribution is 0.832. The molecule has 0 spiro atoms. The molecule has 0 fully saturated rings. The number of benzene rings is 1. The lowest BCUT2D eigenvalue weighted by Crippen LogP contribution is -2.17. The fourth-order valence-corrected chi connectivity index (χ4v) is 4.79. The molecule has 0 aliphatic carbocycles.